The highest BCUT2D eigenvalue weighted by atomic mass is 15.3. The monoisotopic (exact) mass is 162 g/mol. The Bertz CT molecular complexity index is 309. The Morgan fingerprint density at radius 2 is 2.50 bits per heavy atom. The first-order chi connectivity index (χ1) is 5.84. The highest BCUT2D eigenvalue weighted by molar-refractivity contribution is 5.28. The minimum atomic E-state index is 0.757. The van der Waals surface area contributed by atoms with Gasteiger partial charge in [-0.15, -0.1) is 0 Å². The van der Waals surface area contributed by atoms with Crippen LogP contribution in [0.2, 0.25) is 0 Å². The van der Waals surface area contributed by atoms with Gasteiger partial charge in [0, 0.05) is 18.7 Å². The van der Waals surface area contributed by atoms with E-state index in [1.165, 1.54) is 25.0 Å². The lowest BCUT2D eigenvalue weighted by Gasteiger charge is -1.93. The maximum absolute atomic E-state index is 4.54. The van der Waals surface area contributed by atoms with E-state index in [2.05, 4.69) is 24.3 Å². The van der Waals surface area contributed by atoms with Gasteiger partial charge in [0.15, 0.2) is 0 Å². The Balaban J connectivity index is 1.84. The molecule has 0 saturated heterocycles. The first kappa shape index (κ1) is 6.70. The molecule has 1 unspecified atom stereocenters. The summed E-state index contributed by atoms with van der Waals surface area (Å²) in [6.07, 6.45) is 6.42. The molecule has 1 aromatic rings. The van der Waals surface area contributed by atoms with Crippen LogP contribution in [0.25, 0.3) is 0 Å². The molecule has 0 bridgehead atoms. The summed E-state index contributed by atoms with van der Waals surface area (Å²) in [6, 6.07) is 2.20. The molecule has 2 aliphatic carbocycles. The van der Waals surface area contributed by atoms with E-state index < -0.39 is 0 Å². The van der Waals surface area contributed by atoms with Gasteiger partial charge in [-0.2, -0.15) is 5.10 Å². The van der Waals surface area contributed by atoms with Gasteiger partial charge in [0.2, 0.25) is 0 Å². The van der Waals surface area contributed by atoms with E-state index in [4.69, 9.17) is 0 Å². The summed E-state index contributed by atoms with van der Waals surface area (Å²) in [7, 11) is 0. The van der Waals surface area contributed by atoms with Crippen LogP contribution in [0.15, 0.2) is 12.3 Å². The number of hydrogen-bond donors (Lipinski definition) is 0. The fraction of sp³-hybridized carbons (Fsp3) is 0.700. The van der Waals surface area contributed by atoms with E-state index in [-0.39, 0.29) is 0 Å². The second kappa shape index (κ2) is 1.93. The number of rotatable bonds is 2. The fourth-order valence-corrected chi connectivity index (χ4v) is 2.22. The molecule has 2 nitrogen and oxygen atoms in total. The van der Waals surface area contributed by atoms with Gasteiger partial charge >= 0.3 is 0 Å². The zero-order valence-electron chi connectivity index (χ0n) is 7.45. The summed E-state index contributed by atoms with van der Waals surface area (Å²) >= 11 is 0. The van der Waals surface area contributed by atoms with Crippen LogP contribution < -0.4 is 0 Å². The van der Waals surface area contributed by atoms with Crippen molar-refractivity contribution in [3.8, 4) is 0 Å². The van der Waals surface area contributed by atoms with Gasteiger partial charge in [-0.05, 0) is 37.7 Å². The third kappa shape index (κ3) is 0.780. The fourth-order valence-electron chi connectivity index (χ4n) is 2.22. The highest BCUT2D eigenvalue weighted by Crippen LogP contribution is 2.74. The maximum Gasteiger partial charge on any atom is 0.0661 e. The molecule has 0 N–H and O–H groups in total. The zero-order valence-corrected chi connectivity index (χ0v) is 7.45. The standard InChI is InChI=1S/C10H14N2/c1-2-12-6-3-9(11-12)8-7-10(8)4-5-10/h3,6,8H,2,4-5,7H2,1H3. The molecule has 0 radical (unpaired) electrons. The van der Waals surface area contributed by atoms with Crippen molar-refractivity contribution in [3.63, 3.8) is 0 Å². The van der Waals surface area contributed by atoms with Gasteiger partial charge < -0.3 is 0 Å². The van der Waals surface area contributed by atoms with Crippen LogP contribution in [0.4, 0.5) is 0 Å². The van der Waals surface area contributed by atoms with E-state index in [0.29, 0.717) is 0 Å². The molecule has 12 heavy (non-hydrogen) atoms. The lowest BCUT2D eigenvalue weighted by atomic mass is 10.2. The lowest BCUT2D eigenvalue weighted by Crippen LogP contribution is -1.95. The Labute approximate surface area is 72.6 Å². The van der Waals surface area contributed by atoms with Crippen LogP contribution in [0.5, 0.6) is 0 Å². The molecule has 1 atom stereocenters. The number of aryl methyl sites for hydroxylation is 1. The van der Waals surface area contributed by atoms with Crippen LogP contribution in [-0.4, -0.2) is 9.78 Å². The lowest BCUT2D eigenvalue weighted by molar-refractivity contribution is 0.642. The van der Waals surface area contributed by atoms with E-state index in [1.54, 1.807) is 0 Å². The summed E-state index contributed by atoms with van der Waals surface area (Å²) < 4.78 is 2.03. The Morgan fingerprint density at radius 1 is 1.67 bits per heavy atom. The number of hydrogen-bond acceptors (Lipinski definition) is 1. The minimum Gasteiger partial charge on any atom is -0.273 e. The zero-order chi connectivity index (χ0) is 8.18. The molecule has 3 rings (SSSR count). The van der Waals surface area contributed by atoms with Crippen molar-refractivity contribution in [2.24, 2.45) is 5.41 Å². The van der Waals surface area contributed by atoms with E-state index in [0.717, 1.165) is 17.9 Å². The van der Waals surface area contributed by atoms with Gasteiger partial charge in [0.05, 0.1) is 5.69 Å². The molecule has 2 fully saturated rings. The smallest absolute Gasteiger partial charge is 0.0661 e. The molecule has 1 aromatic heterocycles. The molecule has 0 aliphatic heterocycles. The largest absolute Gasteiger partial charge is 0.273 e. The summed E-state index contributed by atoms with van der Waals surface area (Å²) in [5, 5.41) is 4.54. The topological polar surface area (TPSA) is 17.8 Å². The van der Waals surface area contributed by atoms with Gasteiger partial charge in [-0.25, -0.2) is 0 Å². The Kier molecular flexibility index (Phi) is 1.07. The summed E-state index contributed by atoms with van der Waals surface area (Å²) in [6.45, 7) is 3.14. The van der Waals surface area contributed by atoms with Gasteiger partial charge in [-0.1, -0.05) is 0 Å². The third-order valence-corrected chi connectivity index (χ3v) is 3.42. The van der Waals surface area contributed by atoms with Crippen molar-refractivity contribution in [1.29, 1.82) is 0 Å². The second-order valence-electron chi connectivity index (χ2n) is 4.22. The molecular formula is C10H14N2. The summed E-state index contributed by atoms with van der Waals surface area (Å²) in [5.41, 5.74) is 2.10. The molecule has 1 heterocycles. The van der Waals surface area contributed by atoms with Crippen molar-refractivity contribution in [2.75, 3.05) is 0 Å². The first-order valence-electron chi connectivity index (χ1n) is 4.87. The van der Waals surface area contributed by atoms with Crippen molar-refractivity contribution in [2.45, 2.75) is 38.6 Å². The summed E-state index contributed by atoms with van der Waals surface area (Å²) in [5.74, 6) is 0.824. The maximum atomic E-state index is 4.54. The molecule has 1 spiro atoms. The van der Waals surface area contributed by atoms with Crippen LogP contribution in [0, 0.1) is 5.41 Å². The Hall–Kier alpha value is -0.790. The SMILES string of the molecule is CCn1ccc(C2CC23CC3)n1. The van der Waals surface area contributed by atoms with Gasteiger partial charge in [-0.3, -0.25) is 4.68 Å². The average Bonchev–Trinajstić information content (AvgIpc) is 2.97. The summed E-state index contributed by atoms with van der Waals surface area (Å²) in [4.78, 5) is 0. The van der Waals surface area contributed by atoms with Crippen LogP contribution >= 0.6 is 0 Å². The van der Waals surface area contributed by atoms with Crippen molar-refractivity contribution >= 4 is 0 Å². The third-order valence-electron chi connectivity index (χ3n) is 3.42. The molecule has 0 aromatic carbocycles. The average molecular weight is 162 g/mol. The van der Waals surface area contributed by atoms with E-state index in [9.17, 15) is 0 Å². The van der Waals surface area contributed by atoms with Crippen molar-refractivity contribution in [3.05, 3.63) is 18.0 Å². The number of nitrogens with zero attached hydrogens (tertiary/aromatic N) is 2. The Morgan fingerprint density at radius 3 is 3.00 bits per heavy atom. The predicted molar refractivity (Wildman–Crippen MR) is 46.9 cm³/mol. The van der Waals surface area contributed by atoms with Crippen molar-refractivity contribution < 1.29 is 0 Å². The van der Waals surface area contributed by atoms with Crippen molar-refractivity contribution in [1.82, 2.24) is 9.78 Å². The highest BCUT2D eigenvalue weighted by Gasteiger charge is 2.63. The molecule has 2 heteroatoms. The number of aromatic nitrogens is 2. The van der Waals surface area contributed by atoms with Crippen LogP contribution in [0.3, 0.4) is 0 Å². The molecule has 2 saturated carbocycles. The van der Waals surface area contributed by atoms with E-state index >= 15 is 0 Å². The molecule has 2 aliphatic rings. The van der Waals surface area contributed by atoms with Crippen LogP contribution in [-0.2, 0) is 6.54 Å². The first-order valence-corrected chi connectivity index (χ1v) is 4.87. The molecule has 64 valence electrons. The van der Waals surface area contributed by atoms with Crippen LogP contribution in [0.1, 0.15) is 37.8 Å². The van der Waals surface area contributed by atoms with Gasteiger partial charge in [0.25, 0.3) is 0 Å². The minimum absolute atomic E-state index is 0.757. The quantitative estimate of drug-likeness (QED) is 0.651. The normalized spacial score (nSPS) is 29.2. The van der Waals surface area contributed by atoms with E-state index in [1.807, 2.05) is 4.68 Å². The second-order valence-corrected chi connectivity index (χ2v) is 4.22. The van der Waals surface area contributed by atoms with Gasteiger partial charge in [0.1, 0.15) is 0 Å². The molecule has 0 amide bonds. The predicted octanol–water partition coefficient (Wildman–Crippen LogP) is 2.17. The molecular weight excluding hydrogens is 148 g/mol.